The largest absolute Gasteiger partial charge is 0.508 e. The number of phenols is 1. The second-order valence-electron chi connectivity index (χ2n) is 6.09. The van der Waals surface area contributed by atoms with Crippen molar-refractivity contribution in [1.29, 1.82) is 0 Å². The number of carbonyl (C=O) groups is 1. The molecule has 0 saturated carbocycles. The van der Waals surface area contributed by atoms with Crippen molar-refractivity contribution in [3.8, 4) is 5.75 Å². The average Bonchev–Trinajstić information content (AvgIpc) is 2.96. The monoisotopic (exact) mass is 331 g/mol. The van der Waals surface area contributed by atoms with Crippen LogP contribution in [-0.2, 0) is 4.79 Å². The molecule has 0 unspecified atom stereocenters. The lowest BCUT2D eigenvalue weighted by atomic mass is 10.0. The molecule has 1 aromatic carbocycles. The van der Waals surface area contributed by atoms with Gasteiger partial charge in [0.25, 0.3) is 5.91 Å². The van der Waals surface area contributed by atoms with Crippen molar-refractivity contribution in [2.75, 3.05) is 0 Å². The van der Waals surface area contributed by atoms with Gasteiger partial charge in [-0.15, -0.1) is 0 Å². The van der Waals surface area contributed by atoms with Crippen LogP contribution < -0.4 is 5.32 Å². The van der Waals surface area contributed by atoms with Crippen LogP contribution in [-0.4, -0.2) is 11.0 Å². The topological polar surface area (TPSA) is 49.3 Å². The van der Waals surface area contributed by atoms with E-state index in [0.717, 1.165) is 23.3 Å². The molecule has 0 bridgehead atoms. The van der Waals surface area contributed by atoms with Crippen LogP contribution in [0.3, 0.4) is 0 Å². The second kappa shape index (κ2) is 7.67. The van der Waals surface area contributed by atoms with Crippen LogP contribution in [0.25, 0.3) is 5.57 Å². The molecule has 25 heavy (non-hydrogen) atoms. The summed E-state index contributed by atoms with van der Waals surface area (Å²) in [5, 5.41) is 12.4. The number of benzene rings is 1. The van der Waals surface area contributed by atoms with E-state index in [1.807, 2.05) is 55.5 Å². The first kappa shape index (κ1) is 16.8. The number of carbonyl (C=O) groups excluding carboxylic acids is 1. The first-order valence-electron chi connectivity index (χ1n) is 8.35. The van der Waals surface area contributed by atoms with Gasteiger partial charge in [0.1, 0.15) is 5.75 Å². The van der Waals surface area contributed by atoms with E-state index in [-0.39, 0.29) is 11.7 Å². The summed E-state index contributed by atoms with van der Waals surface area (Å²) in [6, 6.07) is 7.07. The van der Waals surface area contributed by atoms with Crippen molar-refractivity contribution >= 4 is 11.5 Å². The maximum Gasteiger partial charge on any atom is 0.255 e. The van der Waals surface area contributed by atoms with Gasteiger partial charge < -0.3 is 10.4 Å². The molecule has 126 valence electrons. The summed E-state index contributed by atoms with van der Waals surface area (Å²) in [5.41, 5.74) is 4.79. The predicted molar refractivity (Wildman–Crippen MR) is 102 cm³/mol. The van der Waals surface area contributed by atoms with Gasteiger partial charge in [-0.25, -0.2) is 0 Å². The SMILES string of the molecule is CC1=CCC(NC(=O)C2=CCC=C(c3ccc(O)cc3)C=C2)=CC=C1. The molecule has 3 heteroatoms. The molecule has 0 spiro atoms. The zero-order valence-corrected chi connectivity index (χ0v) is 14.2. The normalized spacial score (nSPS) is 16.8. The molecule has 2 aliphatic carbocycles. The molecule has 3 nitrogen and oxygen atoms in total. The number of hydrogen-bond donors (Lipinski definition) is 2. The number of hydrogen-bond acceptors (Lipinski definition) is 2. The van der Waals surface area contributed by atoms with Crippen LogP contribution in [0.5, 0.6) is 5.75 Å². The summed E-state index contributed by atoms with van der Waals surface area (Å²) in [6.45, 7) is 2.04. The minimum atomic E-state index is -0.0933. The molecule has 0 fully saturated rings. The summed E-state index contributed by atoms with van der Waals surface area (Å²) in [7, 11) is 0. The molecule has 3 rings (SSSR count). The molecule has 2 N–H and O–H groups in total. The molecule has 1 aromatic rings. The van der Waals surface area contributed by atoms with Gasteiger partial charge in [-0.2, -0.15) is 0 Å². The lowest BCUT2D eigenvalue weighted by Gasteiger charge is -2.07. The highest BCUT2D eigenvalue weighted by molar-refractivity contribution is 5.98. The van der Waals surface area contributed by atoms with Crippen LogP contribution in [0.1, 0.15) is 25.3 Å². The van der Waals surface area contributed by atoms with E-state index in [4.69, 9.17) is 0 Å². The maximum atomic E-state index is 12.5. The van der Waals surface area contributed by atoms with Gasteiger partial charge in [-0.1, -0.05) is 54.2 Å². The number of nitrogens with one attached hydrogen (secondary N) is 1. The van der Waals surface area contributed by atoms with Gasteiger partial charge in [-0.05, 0) is 48.8 Å². The Morgan fingerprint density at radius 2 is 1.84 bits per heavy atom. The number of aromatic hydroxyl groups is 1. The highest BCUT2D eigenvalue weighted by Crippen LogP contribution is 2.23. The average molecular weight is 331 g/mol. The van der Waals surface area contributed by atoms with Gasteiger partial charge in [0.05, 0.1) is 0 Å². The van der Waals surface area contributed by atoms with Crippen molar-refractivity contribution in [2.45, 2.75) is 19.8 Å². The number of allylic oxidation sites excluding steroid dienone is 9. The van der Waals surface area contributed by atoms with Gasteiger partial charge in [0.15, 0.2) is 0 Å². The van der Waals surface area contributed by atoms with E-state index in [1.54, 1.807) is 12.1 Å². The summed E-state index contributed by atoms with van der Waals surface area (Å²) < 4.78 is 0. The number of rotatable bonds is 3. The third kappa shape index (κ3) is 4.48. The Balaban J connectivity index is 1.68. The fourth-order valence-electron chi connectivity index (χ4n) is 2.70. The van der Waals surface area contributed by atoms with E-state index in [2.05, 4.69) is 17.5 Å². The lowest BCUT2D eigenvalue weighted by molar-refractivity contribution is -0.116. The van der Waals surface area contributed by atoms with Crippen LogP contribution in [0, 0.1) is 0 Å². The Bertz CT molecular complexity index is 844. The zero-order chi connectivity index (χ0) is 17.6. The Kier molecular flexibility index (Phi) is 5.14. The third-order valence-corrected chi connectivity index (χ3v) is 4.16. The van der Waals surface area contributed by atoms with Crippen molar-refractivity contribution in [1.82, 2.24) is 5.32 Å². The first-order chi connectivity index (χ1) is 12.1. The zero-order valence-electron chi connectivity index (χ0n) is 14.2. The summed E-state index contributed by atoms with van der Waals surface area (Å²) in [6.07, 6.45) is 17.2. The quantitative estimate of drug-likeness (QED) is 0.852. The summed E-state index contributed by atoms with van der Waals surface area (Å²) in [4.78, 5) is 12.5. The standard InChI is InChI=1S/C22H21NO2/c1-16-4-2-7-20(13-8-16)23-22(25)19-6-3-5-17(9-10-19)18-11-14-21(24)15-12-18/h2,4-12,14-15,24H,3,13H2,1H3,(H,23,25). The number of phenolic OH excluding ortho intramolecular Hbond substituents is 1. The van der Waals surface area contributed by atoms with E-state index in [1.165, 1.54) is 5.57 Å². The van der Waals surface area contributed by atoms with Crippen molar-refractivity contribution in [2.24, 2.45) is 0 Å². The highest BCUT2D eigenvalue weighted by Gasteiger charge is 2.10. The van der Waals surface area contributed by atoms with Crippen molar-refractivity contribution in [3.05, 3.63) is 95.3 Å². The van der Waals surface area contributed by atoms with Gasteiger partial charge in [-0.3, -0.25) is 4.79 Å². The van der Waals surface area contributed by atoms with Crippen LogP contribution in [0.4, 0.5) is 0 Å². The van der Waals surface area contributed by atoms with Crippen molar-refractivity contribution < 1.29 is 9.90 Å². The maximum absolute atomic E-state index is 12.5. The molecule has 0 aromatic heterocycles. The van der Waals surface area contributed by atoms with Gasteiger partial charge >= 0.3 is 0 Å². The molecule has 1 amide bonds. The Morgan fingerprint density at radius 1 is 1.04 bits per heavy atom. The molecular formula is C22H21NO2. The highest BCUT2D eigenvalue weighted by atomic mass is 16.3. The molecule has 0 heterocycles. The Labute approximate surface area is 148 Å². The van der Waals surface area contributed by atoms with E-state index < -0.39 is 0 Å². The Morgan fingerprint density at radius 3 is 2.64 bits per heavy atom. The van der Waals surface area contributed by atoms with Crippen LogP contribution in [0.15, 0.2) is 89.7 Å². The fourth-order valence-corrected chi connectivity index (χ4v) is 2.70. The van der Waals surface area contributed by atoms with E-state index >= 15 is 0 Å². The lowest BCUT2D eigenvalue weighted by Crippen LogP contribution is -2.23. The van der Waals surface area contributed by atoms with Gasteiger partial charge in [0, 0.05) is 17.7 Å². The first-order valence-corrected chi connectivity index (χ1v) is 8.35. The smallest absolute Gasteiger partial charge is 0.255 e. The Hall–Kier alpha value is -3.07. The fraction of sp³-hybridized carbons (Fsp3) is 0.136. The van der Waals surface area contributed by atoms with Crippen LogP contribution >= 0.6 is 0 Å². The molecule has 0 aliphatic heterocycles. The molecule has 0 atom stereocenters. The third-order valence-electron chi connectivity index (χ3n) is 4.16. The number of amides is 1. The van der Waals surface area contributed by atoms with Crippen LogP contribution in [0.2, 0.25) is 0 Å². The second-order valence-corrected chi connectivity index (χ2v) is 6.09. The molecular weight excluding hydrogens is 310 g/mol. The van der Waals surface area contributed by atoms with E-state index in [0.29, 0.717) is 12.0 Å². The minimum absolute atomic E-state index is 0.0933. The molecule has 2 aliphatic rings. The van der Waals surface area contributed by atoms with Crippen molar-refractivity contribution in [3.63, 3.8) is 0 Å². The molecule has 0 saturated heterocycles. The molecule has 0 radical (unpaired) electrons. The summed E-state index contributed by atoms with van der Waals surface area (Å²) >= 11 is 0. The predicted octanol–water partition coefficient (Wildman–Crippen LogP) is 4.57. The summed E-state index contributed by atoms with van der Waals surface area (Å²) in [5.74, 6) is 0.152. The van der Waals surface area contributed by atoms with Gasteiger partial charge in [0.2, 0.25) is 0 Å². The van der Waals surface area contributed by atoms with E-state index in [9.17, 15) is 9.90 Å². The minimum Gasteiger partial charge on any atom is -0.508 e.